The molecular formula is C26H26N2O8S4. The van der Waals surface area contributed by atoms with Crippen LogP contribution in [0.5, 0.6) is 0 Å². The Morgan fingerprint density at radius 3 is 2.60 bits per heavy atom. The van der Waals surface area contributed by atoms with Crippen molar-refractivity contribution in [2.75, 3.05) is 40.6 Å². The van der Waals surface area contributed by atoms with Gasteiger partial charge in [0.2, 0.25) is 21.5 Å². The van der Waals surface area contributed by atoms with Gasteiger partial charge in [0.05, 0.1) is 33.7 Å². The van der Waals surface area contributed by atoms with E-state index in [4.69, 9.17) is 9.66 Å². The van der Waals surface area contributed by atoms with Crippen LogP contribution < -0.4 is 10.2 Å². The van der Waals surface area contributed by atoms with Crippen molar-refractivity contribution in [3.05, 3.63) is 82.3 Å². The Morgan fingerprint density at radius 1 is 1.12 bits per heavy atom. The summed E-state index contributed by atoms with van der Waals surface area (Å²) in [4.78, 5) is 27.1. The van der Waals surface area contributed by atoms with Gasteiger partial charge in [0.25, 0.3) is 10.1 Å². The number of thioether (sulfide) groups is 2. The number of Topliss-reactive ketones (excluding diaryl/α,β-unsaturated/α-hetero) is 1. The van der Waals surface area contributed by atoms with Gasteiger partial charge in [0.1, 0.15) is 4.91 Å². The largest absolute Gasteiger partial charge is 0.396 e. The molecule has 0 bridgehead atoms. The van der Waals surface area contributed by atoms with Crippen molar-refractivity contribution in [3.8, 4) is 0 Å². The Kier molecular flexibility index (Phi) is 9.59. The Labute approximate surface area is 240 Å². The number of carbonyl (C=O) groups is 2. The van der Waals surface area contributed by atoms with E-state index in [9.17, 15) is 26.4 Å². The number of hydrogen-bond acceptors (Lipinski definition) is 10. The Morgan fingerprint density at radius 2 is 1.88 bits per heavy atom. The molecule has 0 spiro atoms. The normalized spacial score (nSPS) is 18.1. The summed E-state index contributed by atoms with van der Waals surface area (Å²) in [6.07, 6.45) is 6.16. The van der Waals surface area contributed by atoms with E-state index in [2.05, 4.69) is 5.32 Å². The molecule has 2 aromatic carbocycles. The van der Waals surface area contributed by atoms with Crippen LogP contribution in [0, 0.1) is 0 Å². The van der Waals surface area contributed by atoms with Gasteiger partial charge in [-0.2, -0.15) is 8.42 Å². The number of aliphatic hydroxyl groups is 1. The fourth-order valence-electron chi connectivity index (χ4n) is 4.08. The molecule has 2 aliphatic rings. The lowest BCUT2D eigenvalue weighted by Crippen LogP contribution is -2.21. The molecule has 40 heavy (non-hydrogen) atoms. The van der Waals surface area contributed by atoms with Crippen LogP contribution in [0.15, 0.2) is 86.5 Å². The number of allylic oxidation sites excluding steroid dienone is 5. The van der Waals surface area contributed by atoms with Crippen molar-refractivity contribution in [3.63, 3.8) is 0 Å². The number of ketones is 1. The zero-order chi connectivity index (χ0) is 28.9. The average Bonchev–Trinajstić information content (AvgIpc) is 3.32. The third-order valence-corrected chi connectivity index (χ3v) is 10.5. The Bertz CT molecular complexity index is 1630. The van der Waals surface area contributed by atoms with Crippen LogP contribution in [0.4, 0.5) is 11.4 Å². The highest BCUT2D eigenvalue weighted by molar-refractivity contribution is 8.03. The minimum Gasteiger partial charge on any atom is -0.396 e. The average molecular weight is 623 g/mol. The molecule has 0 fully saturated rings. The molecule has 14 heteroatoms. The highest BCUT2D eigenvalue weighted by Gasteiger charge is 2.38. The van der Waals surface area contributed by atoms with Gasteiger partial charge in [0, 0.05) is 28.4 Å². The number of nitrogens with one attached hydrogen (secondary N) is 1. The van der Waals surface area contributed by atoms with Gasteiger partial charge in [-0.05, 0) is 48.9 Å². The second-order valence-electron chi connectivity index (χ2n) is 8.65. The molecule has 0 radical (unpaired) electrons. The van der Waals surface area contributed by atoms with E-state index < -0.39 is 31.5 Å². The number of carbonyl (C=O) groups excluding carboxylic acids is 2. The molecule has 0 saturated heterocycles. The number of rotatable bonds is 11. The van der Waals surface area contributed by atoms with Crippen LogP contribution in [0.3, 0.4) is 0 Å². The first kappa shape index (κ1) is 30.1. The topological polar surface area (TPSA) is 158 Å². The fourth-order valence-corrected chi connectivity index (χ4v) is 7.80. The van der Waals surface area contributed by atoms with Crippen LogP contribution in [0.25, 0.3) is 0 Å². The maximum atomic E-state index is 12.8. The number of amides is 1. The van der Waals surface area contributed by atoms with E-state index in [-0.39, 0.29) is 46.6 Å². The fraction of sp³-hybridized carbons (Fsp3) is 0.231. The van der Waals surface area contributed by atoms with E-state index in [1.165, 1.54) is 47.8 Å². The second-order valence-corrected chi connectivity index (χ2v) is 14.3. The SMILES string of the molecule is O=C(CSCCO)Nc1ccc2c(c1)SC(=CC=CC=C1C(=O)c3ccccc3S1(=O)=O)N2CCCS(=O)(=O)O. The lowest BCUT2D eigenvalue weighted by atomic mass is 10.1. The van der Waals surface area contributed by atoms with Crippen LogP contribution >= 0.6 is 23.5 Å². The smallest absolute Gasteiger partial charge is 0.264 e. The monoisotopic (exact) mass is 622 g/mol. The Hall–Kier alpha value is -2.88. The van der Waals surface area contributed by atoms with Crippen molar-refractivity contribution in [2.24, 2.45) is 0 Å². The third-order valence-electron chi connectivity index (χ3n) is 5.80. The Balaban J connectivity index is 1.54. The van der Waals surface area contributed by atoms with E-state index >= 15 is 0 Å². The van der Waals surface area contributed by atoms with Crippen molar-refractivity contribution >= 4 is 66.5 Å². The van der Waals surface area contributed by atoms with Gasteiger partial charge in [-0.25, -0.2) is 8.42 Å². The standard InChI is InChI=1S/C26H26N2O8S4/c29-13-14-37-17-24(30)27-18-10-11-20-21(16-18)38-25(28(20)12-5-15-39(32,33)34)9-4-3-8-23-26(31)19-6-1-2-7-22(19)40(23,35)36/h1-4,6-11,16,29H,5,12-15,17H2,(H,27,30)(H,32,33,34). The highest BCUT2D eigenvalue weighted by Crippen LogP contribution is 2.47. The van der Waals surface area contributed by atoms with Gasteiger partial charge in [-0.15, -0.1) is 11.8 Å². The molecule has 0 aromatic heterocycles. The zero-order valence-corrected chi connectivity index (χ0v) is 24.3. The van der Waals surface area contributed by atoms with E-state index in [0.717, 1.165) is 10.6 Å². The molecule has 2 aliphatic heterocycles. The molecule has 4 rings (SSSR count). The molecule has 0 saturated carbocycles. The van der Waals surface area contributed by atoms with Gasteiger partial charge >= 0.3 is 0 Å². The predicted octanol–water partition coefficient (Wildman–Crippen LogP) is 3.49. The molecule has 212 valence electrons. The lowest BCUT2D eigenvalue weighted by molar-refractivity contribution is -0.113. The summed E-state index contributed by atoms with van der Waals surface area (Å²) in [5, 5.41) is 12.4. The first-order valence-electron chi connectivity index (χ1n) is 12.0. The first-order valence-corrected chi connectivity index (χ1v) is 17.1. The summed E-state index contributed by atoms with van der Waals surface area (Å²) < 4.78 is 57.1. The number of aliphatic hydroxyl groups excluding tert-OH is 1. The van der Waals surface area contributed by atoms with Crippen LogP contribution in [0.1, 0.15) is 16.8 Å². The highest BCUT2D eigenvalue weighted by atomic mass is 32.2. The van der Waals surface area contributed by atoms with Gasteiger partial charge < -0.3 is 15.3 Å². The number of fused-ring (bicyclic) bond motifs is 2. The first-order chi connectivity index (χ1) is 19.0. The van der Waals surface area contributed by atoms with E-state index in [1.54, 1.807) is 42.5 Å². The van der Waals surface area contributed by atoms with Gasteiger partial charge in [0.15, 0.2) is 0 Å². The van der Waals surface area contributed by atoms with Crippen molar-refractivity contribution in [1.29, 1.82) is 0 Å². The molecule has 0 unspecified atom stereocenters. The maximum Gasteiger partial charge on any atom is 0.264 e. The van der Waals surface area contributed by atoms with Crippen molar-refractivity contribution in [1.82, 2.24) is 0 Å². The van der Waals surface area contributed by atoms with Crippen LogP contribution in [-0.2, 0) is 24.7 Å². The number of sulfone groups is 1. The molecule has 1 amide bonds. The minimum absolute atomic E-state index is 0.0126. The summed E-state index contributed by atoms with van der Waals surface area (Å²) in [6.45, 7) is 0.257. The summed E-state index contributed by atoms with van der Waals surface area (Å²) in [5.41, 5.74) is 1.49. The molecule has 0 atom stereocenters. The number of hydrogen-bond donors (Lipinski definition) is 3. The number of benzene rings is 2. The van der Waals surface area contributed by atoms with Crippen molar-refractivity contribution in [2.45, 2.75) is 16.2 Å². The maximum absolute atomic E-state index is 12.8. The van der Waals surface area contributed by atoms with Crippen molar-refractivity contribution < 1.29 is 36.1 Å². The summed E-state index contributed by atoms with van der Waals surface area (Å²) in [6, 6.07) is 11.3. The summed E-state index contributed by atoms with van der Waals surface area (Å²) in [5.74, 6) is -0.541. The van der Waals surface area contributed by atoms with Crippen LogP contribution in [0.2, 0.25) is 0 Å². The lowest BCUT2D eigenvalue weighted by Gasteiger charge is -2.20. The molecule has 10 nitrogen and oxygen atoms in total. The third kappa shape index (κ3) is 7.06. The van der Waals surface area contributed by atoms with Gasteiger partial charge in [-0.1, -0.05) is 36.0 Å². The second kappa shape index (κ2) is 12.7. The van der Waals surface area contributed by atoms with E-state index in [1.807, 2.05) is 4.90 Å². The quantitative estimate of drug-likeness (QED) is 0.191. The minimum atomic E-state index is -4.14. The molecule has 0 aliphatic carbocycles. The zero-order valence-electron chi connectivity index (χ0n) is 21.0. The molecule has 2 heterocycles. The summed E-state index contributed by atoms with van der Waals surface area (Å²) in [7, 11) is -8.04. The van der Waals surface area contributed by atoms with Gasteiger partial charge in [-0.3, -0.25) is 14.1 Å². The predicted molar refractivity (Wildman–Crippen MR) is 157 cm³/mol. The summed E-state index contributed by atoms with van der Waals surface area (Å²) >= 11 is 2.68. The molecule has 3 N–H and O–H groups in total. The van der Waals surface area contributed by atoms with Crippen LogP contribution in [-0.4, -0.2) is 68.6 Å². The number of nitrogens with zero attached hydrogens (tertiary/aromatic N) is 1. The molecule has 2 aromatic rings. The number of anilines is 2. The van der Waals surface area contributed by atoms with E-state index in [0.29, 0.717) is 16.5 Å². The molecular weight excluding hydrogens is 597 g/mol.